The normalized spacial score (nSPS) is 10.4. The van der Waals surface area contributed by atoms with E-state index in [1.54, 1.807) is 12.3 Å². The van der Waals surface area contributed by atoms with Gasteiger partial charge in [0.1, 0.15) is 11.5 Å². The molecule has 2 aromatic rings. The molecule has 3 nitrogen and oxygen atoms in total. The fraction of sp³-hybridized carbons (Fsp3) is 0.267. The summed E-state index contributed by atoms with van der Waals surface area (Å²) < 4.78 is 5.73. The van der Waals surface area contributed by atoms with E-state index in [0.29, 0.717) is 16.5 Å². The minimum atomic E-state index is 0.594. The molecule has 0 fully saturated rings. The van der Waals surface area contributed by atoms with Crippen molar-refractivity contribution in [2.45, 2.75) is 19.9 Å². The van der Waals surface area contributed by atoms with Crippen molar-refractivity contribution in [3.05, 3.63) is 53.3 Å². The minimum absolute atomic E-state index is 0.594. The highest BCUT2D eigenvalue weighted by atomic mass is 35.5. The number of ether oxygens (including phenoxy) is 1. The van der Waals surface area contributed by atoms with Crippen molar-refractivity contribution in [2.75, 3.05) is 6.54 Å². The Kier molecular flexibility index (Phi) is 5.19. The van der Waals surface area contributed by atoms with Crippen molar-refractivity contribution in [3.63, 3.8) is 0 Å². The summed E-state index contributed by atoms with van der Waals surface area (Å²) >= 11 is 6.06. The number of pyridine rings is 1. The smallest absolute Gasteiger partial charge is 0.146 e. The van der Waals surface area contributed by atoms with Crippen LogP contribution in [0.25, 0.3) is 0 Å². The van der Waals surface area contributed by atoms with Gasteiger partial charge in [0.05, 0.1) is 11.2 Å². The first-order valence-electron chi connectivity index (χ1n) is 6.36. The zero-order valence-electron chi connectivity index (χ0n) is 10.9. The van der Waals surface area contributed by atoms with E-state index in [0.717, 1.165) is 25.1 Å². The van der Waals surface area contributed by atoms with Gasteiger partial charge in [-0.2, -0.15) is 0 Å². The molecule has 0 saturated heterocycles. The molecular formula is C15H17ClN2O. The molecule has 1 aromatic carbocycles. The maximum absolute atomic E-state index is 6.06. The van der Waals surface area contributed by atoms with E-state index < -0.39 is 0 Å². The summed E-state index contributed by atoms with van der Waals surface area (Å²) in [7, 11) is 0. The van der Waals surface area contributed by atoms with Crippen LogP contribution in [0.2, 0.25) is 5.02 Å². The zero-order chi connectivity index (χ0) is 13.5. The van der Waals surface area contributed by atoms with Crippen LogP contribution in [-0.4, -0.2) is 11.5 Å². The number of halogens is 1. The van der Waals surface area contributed by atoms with E-state index in [2.05, 4.69) is 17.2 Å². The van der Waals surface area contributed by atoms with Gasteiger partial charge in [-0.1, -0.05) is 30.7 Å². The van der Waals surface area contributed by atoms with Gasteiger partial charge in [-0.3, -0.25) is 4.98 Å². The molecule has 1 N–H and O–H groups in total. The second kappa shape index (κ2) is 7.12. The first-order valence-corrected chi connectivity index (χ1v) is 6.74. The molecule has 0 radical (unpaired) electrons. The second-order valence-electron chi connectivity index (χ2n) is 4.24. The van der Waals surface area contributed by atoms with E-state index in [1.807, 2.05) is 30.5 Å². The summed E-state index contributed by atoms with van der Waals surface area (Å²) in [6.07, 6.45) is 4.64. The molecule has 19 heavy (non-hydrogen) atoms. The molecule has 0 atom stereocenters. The van der Waals surface area contributed by atoms with Crippen LogP contribution in [0.3, 0.4) is 0 Å². The average Bonchev–Trinajstić information content (AvgIpc) is 2.42. The Bertz CT molecular complexity index is 531. The van der Waals surface area contributed by atoms with Gasteiger partial charge in [-0.25, -0.2) is 0 Å². The number of hydrogen-bond acceptors (Lipinski definition) is 3. The van der Waals surface area contributed by atoms with Gasteiger partial charge in [-0.05, 0) is 36.7 Å². The molecule has 0 aliphatic heterocycles. The van der Waals surface area contributed by atoms with Gasteiger partial charge in [0.15, 0.2) is 0 Å². The fourth-order valence-corrected chi connectivity index (χ4v) is 1.85. The summed E-state index contributed by atoms with van der Waals surface area (Å²) in [6.45, 7) is 3.93. The minimum Gasteiger partial charge on any atom is -0.454 e. The largest absolute Gasteiger partial charge is 0.454 e. The third-order valence-electron chi connectivity index (χ3n) is 2.59. The highest BCUT2D eigenvalue weighted by Crippen LogP contribution is 2.28. The van der Waals surface area contributed by atoms with Crippen LogP contribution in [0.15, 0.2) is 42.7 Å². The lowest BCUT2D eigenvalue weighted by atomic mass is 10.2. The second-order valence-corrected chi connectivity index (χ2v) is 4.65. The molecule has 0 aliphatic carbocycles. The van der Waals surface area contributed by atoms with Crippen LogP contribution in [0.5, 0.6) is 11.5 Å². The Balaban J connectivity index is 2.05. The van der Waals surface area contributed by atoms with Crippen LogP contribution in [0.1, 0.15) is 18.9 Å². The molecule has 2 rings (SSSR count). The predicted octanol–water partition coefficient (Wildman–Crippen LogP) is 4.03. The highest BCUT2D eigenvalue weighted by molar-refractivity contribution is 6.32. The molecule has 0 aliphatic rings. The highest BCUT2D eigenvalue weighted by Gasteiger charge is 2.03. The standard InChI is InChI=1S/C15H17ClN2O/c1-2-7-17-9-12-8-13(11-18-10-12)19-15-6-4-3-5-14(15)16/h3-6,8,10-11,17H,2,7,9H2,1H3. The molecule has 1 heterocycles. The van der Waals surface area contributed by atoms with E-state index in [-0.39, 0.29) is 0 Å². The Morgan fingerprint density at radius 1 is 1.26 bits per heavy atom. The van der Waals surface area contributed by atoms with Crippen LogP contribution in [0, 0.1) is 0 Å². The number of para-hydroxylation sites is 1. The quantitative estimate of drug-likeness (QED) is 0.809. The summed E-state index contributed by atoms with van der Waals surface area (Å²) in [4.78, 5) is 4.18. The van der Waals surface area contributed by atoms with Gasteiger partial charge < -0.3 is 10.1 Å². The van der Waals surface area contributed by atoms with Gasteiger partial charge in [0.2, 0.25) is 0 Å². The van der Waals surface area contributed by atoms with Crippen LogP contribution in [-0.2, 0) is 6.54 Å². The summed E-state index contributed by atoms with van der Waals surface area (Å²) in [5.74, 6) is 1.34. The molecule has 4 heteroatoms. The van der Waals surface area contributed by atoms with Gasteiger partial charge in [0.25, 0.3) is 0 Å². The Morgan fingerprint density at radius 3 is 2.89 bits per heavy atom. The topological polar surface area (TPSA) is 34.2 Å². The lowest BCUT2D eigenvalue weighted by Gasteiger charge is -2.08. The Morgan fingerprint density at radius 2 is 2.11 bits per heavy atom. The predicted molar refractivity (Wildman–Crippen MR) is 77.8 cm³/mol. The SMILES string of the molecule is CCCNCc1cncc(Oc2ccccc2Cl)c1. The Hall–Kier alpha value is -1.58. The summed E-state index contributed by atoms with van der Waals surface area (Å²) in [5, 5.41) is 3.93. The lowest BCUT2D eigenvalue weighted by Crippen LogP contribution is -2.13. The molecule has 100 valence electrons. The van der Waals surface area contributed by atoms with Crippen LogP contribution < -0.4 is 10.1 Å². The van der Waals surface area contributed by atoms with E-state index in [9.17, 15) is 0 Å². The van der Waals surface area contributed by atoms with Crippen molar-refractivity contribution >= 4 is 11.6 Å². The zero-order valence-corrected chi connectivity index (χ0v) is 11.7. The van der Waals surface area contributed by atoms with Crippen molar-refractivity contribution in [1.82, 2.24) is 10.3 Å². The summed E-state index contributed by atoms with van der Waals surface area (Å²) in [5.41, 5.74) is 1.10. The molecule has 0 amide bonds. The van der Waals surface area contributed by atoms with Crippen molar-refractivity contribution in [1.29, 1.82) is 0 Å². The van der Waals surface area contributed by atoms with E-state index in [4.69, 9.17) is 16.3 Å². The van der Waals surface area contributed by atoms with Gasteiger partial charge in [0, 0.05) is 12.7 Å². The van der Waals surface area contributed by atoms with E-state index in [1.165, 1.54) is 0 Å². The third-order valence-corrected chi connectivity index (χ3v) is 2.90. The average molecular weight is 277 g/mol. The number of aromatic nitrogens is 1. The number of nitrogens with one attached hydrogen (secondary N) is 1. The third kappa shape index (κ3) is 4.23. The van der Waals surface area contributed by atoms with Crippen molar-refractivity contribution in [2.24, 2.45) is 0 Å². The van der Waals surface area contributed by atoms with Crippen LogP contribution in [0.4, 0.5) is 0 Å². The number of nitrogens with zero attached hydrogens (tertiary/aromatic N) is 1. The fourth-order valence-electron chi connectivity index (χ4n) is 1.68. The summed E-state index contributed by atoms with van der Waals surface area (Å²) in [6, 6.07) is 9.38. The lowest BCUT2D eigenvalue weighted by molar-refractivity contribution is 0.479. The van der Waals surface area contributed by atoms with Crippen molar-refractivity contribution in [3.8, 4) is 11.5 Å². The molecule has 1 aromatic heterocycles. The van der Waals surface area contributed by atoms with Gasteiger partial charge in [-0.15, -0.1) is 0 Å². The molecule has 0 bridgehead atoms. The number of hydrogen-bond donors (Lipinski definition) is 1. The first-order chi connectivity index (χ1) is 9.29. The monoisotopic (exact) mass is 276 g/mol. The first kappa shape index (κ1) is 13.8. The number of benzene rings is 1. The molecular weight excluding hydrogens is 260 g/mol. The molecule has 0 unspecified atom stereocenters. The van der Waals surface area contributed by atoms with Gasteiger partial charge >= 0.3 is 0 Å². The molecule has 0 spiro atoms. The maximum Gasteiger partial charge on any atom is 0.146 e. The van der Waals surface area contributed by atoms with Crippen LogP contribution >= 0.6 is 11.6 Å². The number of rotatable bonds is 6. The molecule has 0 saturated carbocycles. The maximum atomic E-state index is 6.06. The Labute approximate surface area is 118 Å². The van der Waals surface area contributed by atoms with E-state index >= 15 is 0 Å². The van der Waals surface area contributed by atoms with Crippen molar-refractivity contribution < 1.29 is 4.74 Å².